The van der Waals surface area contributed by atoms with Crippen LogP contribution in [-0.2, 0) is 0 Å². The summed E-state index contributed by atoms with van der Waals surface area (Å²) in [5.41, 5.74) is -0.342. The van der Waals surface area contributed by atoms with E-state index in [4.69, 9.17) is 10.2 Å². The van der Waals surface area contributed by atoms with E-state index in [-0.39, 0.29) is 5.56 Å². The average molecular weight is 193 g/mol. The standard InChI is InChI=1S/C9H7NO4/c1-2-5-3-6(8(11)12)7(9(13)14)10-4-5/h2-4H,1H2,(H,11,12)(H,13,14). The first-order valence-electron chi connectivity index (χ1n) is 3.65. The lowest BCUT2D eigenvalue weighted by Crippen LogP contribution is -2.10. The molecule has 14 heavy (non-hydrogen) atoms. The van der Waals surface area contributed by atoms with Crippen LogP contribution in [0.2, 0.25) is 0 Å². The summed E-state index contributed by atoms with van der Waals surface area (Å²) in [5.74, 6) is -2.68. The van der Waals surface area contributed by atoms with E-state index in [1.165, 1.54) is 18.3 Å². The Morgan fingerprint density at radius 3 is 2.43 bits per heavy atom. The van der Waals surface area contributed by atoms with Crippen molar-refractivity contribution in [2.45, 2.75) is 0 Å². The highest BCUT2D eigenvalue weighted by atomic mass is 16.4. The molecule has 0 unspecified atom stereocenters. The molecule has 0 aromatic carbocycles. The number of carboxylic acids is 2. The first kappa shape index (κ1) is 9.91. The summed E-state index contributed by atoms with van der Waals surface area (Å²) in [5, 5.41) is 17.3. The van der Waals surface area contributed by atoms with Gasteiger partial charge in [0, 0.05) is 6.20 Å². The van der Waals surface area contributed by atoms with E-state index in [2.05, 4.69) is 11.6 Å². The third-order valence-corrected chi connectivity index (χ3v) is 1.58. The highest BCUT2D eigenvalue weighted by Gasteiger charge is 2.17. The maximum atomic E-state index is 10.7. The van der Waals surface area contributed by atoms with E-state index in [1.54, 1.807) is 0 Å². The van der Waals surface area contributed by atoms with Gasteiger partial charge in [-0.25, -0.2) is 14.6 Å². The van der Waals surface area contributed by atoms with Gasteiger partial charge in [0.1, 0.15) is 0 Å². The number of hydrogen-bond donors (Lipinski definition) is 2. The molecule has 0 saturated carbocycles. The monoisotopic (exact) mass is 193 g/mol. The second-order valence-electron chi connectivity index (χ2n) is 2.48. The van der Waals surface area contributed by atoms with Crippen molar-refractivity contribution in [1.29, 1.82) is 0 Å². The van der Waals surface area contributed by atoms with E-state index in [0.717, 1.165) is 0 Å². The number of carboxylic acid groups (broad SMARTS) is 2. The molecule has 1 aromatic heterocycles. The quantitative estimate of drug-likeness (QED) is 0.750. The lowest BCUT2D eigenvalue weighted by Gasteiger charge is -2.00. The summed E-state index contributed by atoms with van der Waals surface area (Å²) in [6.45, 7) is 3.43. The molecule has 1 aromatic rings. The molecule has 0 bridgehead atoms. The van der Waals surface area contributed by atoms with Crippen molar-refractivity contribution in [3.63, 3.8) is 0 Å². The lowest BCUT2D eigenvalue weighted by molar-refractivity contribution is 0.0646. The van der Waals surface area contributed by atoms with E-state index in [0.29, 0.717) is 5.56 Å². The van der Waals surface area contributed by atoms with Crippen LogP contribution >= 0.6 is 0 Å². The third kappa shape index (κ3) is 1.77. The predicted octanol–water partition coefficient (Wildman–Crippen LogP) is 1.12. The molecule has 2 N–H and O–H groups in total. The minimum Gasteiger partial charge on any atom is -0.478 e. The van der Waals surface area contributed by atoms with Gasteiger partial charge in [-0.05, 0) is 11.6 Å². The van der Waals surface area contributed by atoms with Gasteiger partial charge in [-0.1, -0.05) is 12.7 Å². The Labute approximate surface area is 79.3 Å². The van der Waals surface area contributed by atoms with Gasteiger partial charge < -0.3 is 10.2 Å². The summed E-state index contributed by atoms with van der Waals surface area (Å²) < 4.78 is 0. The second-order valence-corrected chi connectivity index (χ2v) is 2.48. The van der Waals surface area contributed by atoms with Crippen LogP contribution in [0.15, 0.2) is 18.8 Å². The zero-order chi connectivity index (χ0) is 10.7. The Morgan fingerprint density at radius 2 is 2.00 bits per heavy atom. The summed E-state index contributed by atoms with van der Waals surface area (Å²) in [6, 6.07) is 1.21. The Kier molecular flexibility index (Phi) is 2.62. The minimum atomic E-state index is -1.36. The van der Waals surface area contributed by atoms with Gasteiger partial charge in [0.25, 0.3) is 0 Å². The molecule has 5 heteroatoms. The zero-order valence-electron chi connectivity index (χ0n) is 7.10. The largest absolute Gasteiger partial charge is 0.478 e. The Bertz CT molecular complexity index is 411. The summed E-state index contributed by atoms with van der Waals surface area (Å²) >= 11 is 0. The van der Waals surface area contributed by atoms with Gasteiger partial charge in [-0.2, -0.15) is 0 Å². The molecule has 1 heterocycles. The van der Waals surface area contributed by atoms with Crippen LogP contribution in [0.1, 0.15) is 26.4 Å². The molecule has 0 spiro atoms. The topological polar surface area (TPSA) is 87.5 Å². The number of rotatable bonds is 3. The smallest absolute Gasteiger partial charge is 0.355 e. The van der Waals surface area contributed by atoms with E-state index in [1.807, 2.05) is 0 Å². The molecule has 0 aliphatic carbocycles. The van der Waals surface area contributed by atoms with Gasteiger partial charge in [0.05, 0.1) is 5.56 Å². The number of nitrogens with zero attached hydrogens (tertiary/aromatic N) is 1. The van der Waals surface area contributed by atoms with Crippen molar-refractivity contribution in [3.8, 4) is 0 Å². The average Bonchev–Trinajstić information content (AvgIpc) is 2.16. The SMILES string of the molecule is C=Cc1cnc(C(=O)O)c(C(=O)O)c1. The Balaban J connectivity index is 3.38. The minimum absolute atomic E-state index is 0.338. The molecule has 0 fully saturated rings. The number of aromatic carboxylic acids is 2. The second kappa shape index (κ2) is 3.69. The molecule has 0 radical (unpaired) electrons. The van der Waals surface area contributed by atoms with E-state index < -0.39 is 17.6 Å². The fourth-order valence-electron chi connectivity index (χ4n) is 0.926. The fraction of sp³-hybridized carbons (Fsp3) is 0. The summed E-state index contributed by atoms with van der Waals surface area (Å²) in [6.07, 6.45) is 2.65. The number of pyridine rings is 1. The molecule has 0 aliphatic rings. The van der Waals surface area contributed by atoms with Crippen molar-refractivity contribution in [1.82, 2.24) is 4.98 Å². The maximum absolute atomic E-state index is 10.7. The van der Waals surface area contributed by atoms with Crippen molar-refractivity contribution in [3.05, 3.63) is 35.7 Å². The molecule has 72 valence electrons. The lowest BCUT2D eigenvalue weighted by atomic mass is 10.1. The Hall–Kier alpha value is -2.17. The molecule has 0 aliphatic heterocycles. The number of aromatic nitrogens is 1. The molecular weight excluding hydrogens is 186 g/mol. The molecule has 0 amide bonds. The van der Waals surface area contributed by atoms with Crippen LogP contribution in [0.5, 0.6) is 0 Å². The predicted molar refractivity (Wildman–Crippen MR) is 48.2 cm³/mol. The van der Waals surface area contributed by atoms with Gasteiger partial charge in [-0.3, -0.25) is 0 Å². The Morgan fingerprint density at radius 1 is 1.36 bits per heavy atom. The normalized spacial score (nSPS) is 9.43. The van der Waals surface area contributed by atoms with Crippen LogP contribution in [0.25, 0.3) is 6.08 Å². The maximum Gasteiger partial charge on any atom is 0.355 e. The van der Waals surface area contributed by atoms with Crippen LogP contribution < -0.4 is 0 Å². The molecule has 0 saturated heterocycles. The van der Waals surface area contributed by atoms with Crippen LogP contribution in [-0.4, -0.2) is 27.1 Å². The molecule has 0 atom stereocenters. The first-order valence-corrected chi connectivity index (χ1v) is 3.65. The van der Waals surface area contributed by atoms with Crippen molar-refractivity contribution >= 4 is 18.0 Å². The number of hydrogen-bond acceptors (Lipinski definition) is 3. The summed E-state index contributed by atoms with van der Waals surface area (Å²) in [4.78, 5) is 24.7. The highest BCUT2D eigenvalue weighted by molar-refractivity contribution is 6.00. The third-order valence-electron chi connectivity index (χ3n) is 1.58. The molecule has 5 nitrogen and oxygen atoms in total. The number of carbonyl (C=O) groups is 2. The fourth-order valence-corrected chi connectivity index (χ4v) is 0.926. The van der Waals surface area contributed by atoms with Gasteiger partial charge in [-0.15, -0.1) is 0 Å². The van der Waals surface area contributed by atoms with Gasteiger partial charge >= 0.3 is 11.9 Å². The van der Waals surface area contributed by atoms with Crippen LogP contribution in [0.4, 0.5) is 0 Å². The van der Waals surface area contributed by atoms with Crippen LogP contribution in [0, 0.1) is 0 Å². The molecular formula is C9H7NO4. The highest BCUT2D eigenvalue weighted by Crippen LogP contribution is 2.10. The van der Waals surface area contributed by atoms with Gasteiger partial charge in [0.2, 0.25) is 0 Å². The molecule has 1 rings (SSSR count). The zero-order valence-corrected chi connectivity index (χ0v) is 7.10. The van der Waals surface area contributed by atoms with Gasteiger partial charge in [0.15, 0.2) is 5.69 Å². The van der Waals surface area contributed by atoms with Crippen molar-refractivity contribution in [2.75, 3.05) is 0 Å². The summed E-state index contributed by atoms with van der Waals surface area (Å²) in [7, 11) is 0. The van der Waals surface area contributed by atoms with E-state index >= 15 is 0 Å². The first-order chi connectivity index (χ1) is 6.56. The van der Waals surface area contributed by atoms with Crippen molar-refractivity contribution < 1.29 is 19.8 Å². The van der Waals surface area contributed by atoms with E-state index in [9.17, 15) is 9.59 Å². The van der Waals surface area contributed by atoms with Crippen LogP contribution in [0.3, 0.4) is 0 Å². The van der Waals surface area contributed by atoms with Crippen molar-refractivity contribution in [2.24, 2.45) is 0 Å².